The zero-order valence-electron chi connectivity index (χ0n) is 18.0. The number of hydrogen-bond donors (Lipinski definition) is 4. The van der Waals surface area contributed by atoms with Crippen molar-refractivity contribution in [3.8, 4) is 0 Å². The Morgan fingerprint density at radius 3 is 2.32 bits per heavy atom. The average molecular weight is 444 g/mol. The quantitative estimate of drug-likeness (QED) is 0.221. The molecule has 13 nitrogen and oxygen atoms in total. The van der Waals surface area contributed by atoms with Gasteiger partial charge in [0.25, 0.3) is 5.91 Å². The van der Waals surface area contributed by atoms with Gasteiger partial charge in [0.15, 0.2) is 5.69 Å². The first-order valence-corrected chi connectivity index (χ1v) is 9.65. The van der Waals surface area contributed by atoms with Crippen LogP contribution in [0.2, 0.25) is 0 Å². The minimum atomic E-state index is -2.08. The van der Waals surface area contributed by atoms with Crippen molar-refractivity contribution in [3.63, 3.8) is 0 Å². The van der Waals surface area contributed by atoms with Gasteiger partial charge in [0.05, 0.1) is 13.2 Å². The average Bonchev–Trinajstić information content (AvgIpc) is 3.10. The minimum Gasteiger partial charge on any atom is -0.482 e. The first-order valence-electron chi connectivity index (χ1n) is 9.65. The van der Waals surface area contributed by atoms with E-state index in [9.17, 15) is 19.4 Å². The largest absolute Gasteiger partial charge is 0.730 e. The Bertz CT molecular complexity index is 724. The SMILES string of the molecule is CC(=O)NN(C(=O)c1cc(C)on1)[C@H](CC(C)C)C(=O)OB(O)ON(CCO)CCO. The molecule has 0 bridgehead atoms. The summed E-state index contributed by atoms with van der Waals surface area (Å²) in [6, 6.07) is 0.0185. The standard InChI is InChI=1S/C17H29BN4O9/c1-11(2)9-15(17(27)29-18(28)31-21(5-7-23)6-8-24)22(19-13(4)25)16(26)14-10-12(3)30-20-14/h10-11,15,23-24,28H,5-9H2,1-4H3,(H,19,25)/t15-/m1/s1. The lowest BCUT2D eigenvalue weighted by atomic mass is 10.0. The topological polar surface area (TPSA) is 175 Å². The van der Waals surface area contributed by atoms with Crippen molar-refractivity contribution in [1.82, 2.24) is 20.7 Å². The number of aromatic nitrogens is 1. The van der Waals surface area contributed by atoms with Crippen molar-refractivity contribution in [2.45, 2.75) is 40.2 Å². The van der Waals surface area contributed by atoms with Crippen LogP contribution in [0.5, 0.6) is 0 Å². The smallest absolute Gasteiger partial charge is 0.482 e. The normalized spacial score (nSPS) is 12.0. The van der Waals surface area contributed by atoms with Crippen LogP contribution in [-0.4, -0.2) is 87.9 Å². The molecule has 0 radical (unpaired) electrons. The number of aliphatic hydroxyl groups excluding tert-OH is 2. The van der Waals surface area contributed by atoms with Crippen molar-refractivity contribution in [1.29, 1.82) is 0 Å². The Morgan fingerprint density at radius 1 is 1.26 bits per heavy atom. The molecule has 31 heavy (non-hydrogen) atoms. The minimum absolute atomic E-state index is 0.0629. The monoisotopic (exact) mass is 444 g/mol. The van der Waals surface area contributed by atoms with Gasteiger partial charge in [-0.25, -0.2) is 5.01 Å². The number of nitrogens with one attached hydrogen (secondary N) is 1. The van der Waals surface area contributed by atoms with Crippen LogP contribution in [0.25, 0.3) is 0 Å². The molecule has 174 valence electrons. The Labute approximate surface area is 180 Å². The van der Waals surface area contributed by atoms with Crippen molar-refractivity contribution in [3.05, 3.63) is 17.5 Å². The number of nitrogens with zero attached hydrogens (tertiary/aromatic N) is 3. The second-order valence-electron chi connectivity index (χ2n) is 7.04. The highest BCUT2D eigenvalue weighted by Gasteiger charge is 2.38. The summed E-state index contributed by atoms with van der Waals surface area (Å²) in [5.74, 6) is -2.25. The van der Waals surface area contributed by atoms with Crippen molar-refractivity contribution in [2.24, 2.45) is 5.92 Å². The molecule has 2 amide bonds. The molecule has 0 aromatic carbocycles. The number of carbonyl (C=O) groups excluding carboxylic acids is 3. The molecule has 0 aliphatic rings. The summed E-state index contributed by atoms with van der Waals surface area (Å²) in [4.78, 5) is 37.4. The third-order valence-electron chi connectivity index (χ3n) is 3.78. The van der Waals surface area contributed by atoms with E-state index in [1.54, 1.807) is 20.8 Å². The molecule has 1 rings (SSSR count). The van der Waals surface area contributed by atoms with Gasteiger partial charge < -0.3 is 24.4 Å². The molecule has 0 aliphatic carbocycles. The molecule has 0 saturated carbocycles. The van der Waals surface area contributed by atoms with E-state index in [4.69, 9.17) is 24.1 Å². The van der Waals surface area contributed by atoms with Gasteiger partial charge >= 0.3 is 13.3 Å². The van der Waals surface area contributed by atoms with Gasteiger partial charge in [0.1, 0.15) is 11.8 Å². The van der Waals surface area contributed by atoms with E-state index in [1.807, 2.05) is 0 Å². The molecular weight excluding hydrogens is 415 g/mol. The molecule has 0 saturated heterocycles. The summed E-state index contributed by atoms with van der Waals surface area (Å²) in [6.07, 6.45) is 0.0748. The summed E-state index contributed by atoms with van der Waals surface area (Å²) in [7, 11) is -2.08. The predicted molar refractivity (Wildman–Crippen MR) is 105 cm³/mol. The third kappa shape index (κ3) is 9.02. The summed E-state index contributed by atoms with van der Waals surface area (Å²) in [6.45, 7) is 5.51. The number of hydroxylamine groups is 2. The summed E-state index contributed by atoms with van der Waals surface area (Å²) >= 11 is 0. The zero-order chi connectivity index (χ0) is 23.6. The molecule has 0 unspecified atom stereocenters. The van der Waals surface area contributed by atoms with Gasteiger partial charge in [-0.15, -0.1) is 0 Å². The van der Waals surface area contributed by atoms with Crippen molar-refractivity contribution < 1.29 is 43.6 Å². The third-order valence-corrected chi connectivity index (χ3v) is 3.78. The maximum absolute atomic E-state index is 12.9. The van der Waals surface area contributed by atoms with E-state index in [-0.39, 0.29) is 44.3 Å². The number of aliphatic hydroxyl groups is 2. The zero-order valence-corrected chi connectivity index (χ0v) is 18.0. The van der Waals surface area contributed by atoms with Crippen LogP contribution in [0.3, 0.4) is 0 Å². The lowest BCUT2D eigenvalue weighted by Crippen LogP contribution is -2.56. The van der Waals surface area contributed by atoms with Crippen LogP contribution in [0.1, 0.15) is 43.4 Å². The number of hydrogen-bond acceptors (Lipinski definition) is 11. The van der Waals surface area contributed by atoms with Crippen LogP contribution in [0, 0.1) is 12.8 Å². The maximum atomic E-state index is 12.9. The highest BCUT2D eigenvalue weighted by Crippen LogP contribution is 2.16. The molecule has 0 fully saturated rings. The molecule has 1 aromatic heterocycles. The number of carbonyl (C=O) groups is 3. The molecule has 4 N–H and O–H groups in total. The molecule has 1 atom stereocenters. The fourth-order valence-corrected chi connectivity index (χ4v) is 2.55. The predicted octanol–water partition coefficient (Wildman–Crippen LogP) is -1.37. The molecule has 1 heterocycles. The van der Waals surface area contributed by atoms with Crippen LogP contribution in [0.15, 0.2) is 10.6 Å². The second-order valence-corrected chi connectivity index (χ2v) is 7.04. The van der Waals surface area contributed by atoms with Crippen LogP contribution in [-0.2, 0) is 19.0 Å². The lowest BCUT2D eigenvalue weighted by Gasteiger charge is -2.31. The second kappa shape index (κ2) is 13.0. The van der Waals surface area contributed by atoms with E-state index >= 15 is 0 Å². The summed E-state index contributed by atoms with van der Waals surface area (Å²) in [5.41, 5.74) is 2.15. The van der Waals surface area contributed by atoms with Gasteiger partial charge in [-0.3, -0.25) is 24.6 Å². The van der Waals surface area contributed by atoms with E-state index in [0.717, 1.165) is 17.0 Å². The van der Waals surface area contributed by atoms with E-state index < -0.39 is 31.1 Å². The summed E-state index contributed by atoms with van der Waals surface area (Å²) < 4.78 is 14.7. The Hall–Kier alpha value is -2.52. The molecule has 1 aromatic rings. The van der Waals surface area contributed by atoms with Crippen molar-refractivity contribution >= 4 is 25.1 Å². The van der Waals surface area contributed by atoms with Gasteiger partial charge in [-0.1, -0.05) is 19.0 Å². The van der Waals surface area contributed by atoms with Crippen LogP contribution >= 0.6 is 0 Å². The first-order chi connectivity index (χ1) is 14.6. The molecule has 0 aliphatic heterocycles. The number of rotatable bonds is 12. The fraction of sp³-hybridized carbons (Fsp3) is 0.647. The van der Waals surface area contributed by atoms with Gasteiger partial charge in [0.2, 0.25) is 5.91 Å². The van der Waals surface area contributed by atoms with Gasteiger partial charge in [0, 0.05) is 26.1 Å². The van der Waals surface area contributed by atoms with Gasteiger partial charge in [-0.05, 0) is 19.3 Å². The summed E-state index contributed by atoms with van der Waals surface area (Å²) in [5, 5.41) is 33.3. The highest BCUT2D eigenvalue weighted by molar-refractivity contribution is 6.37. The Kier molecular flexibility index (Phi) is 11.1. The number of aryl methyl sites for hydroxylation is 1. The lowest BCUT2D eigenvalue weighted by molar-refractivity contribution is -0.153. The van der Waals surface area contributed by atoms with Crippen LogP contribution in [0.4, 0.5) is 0 Å². The molecule has 14 heteroatoms. The molecule has 0 spiro atoms. The van der Waals surface area contributed by atoms with E-state index in [0.29, 0.717) is 5.76 Å². The number of hydrazine groups is 1. The van der Waals surface area contributed by atoms with E-state index in [1.165, 1.54) is 6.07 Å². The highest BCUT2D eigenvalue weighted by atomic mass is 16.8. The van der Waals surface area contributed by atoms with Gasteiger partial charge in [-0.2, -0.15) is 5.06 Å². The number of amides is 2. The van der Waals surface area contributed by atoms with Crippen molar-refractivity contribution in [2.75, 3.05) is 26.3 Å². The fourth-order valence-electron chi connectivity index (χ4n) is 2.55. The maximum Gasteiger partial charge on any atom is 0.730 e. The Morgan fingerprint density at radius 2 is 1.87 bits per heavy atom. The van der Waals surface area contributed by atoms with E-state index in [2.05, 4.69) is 10.6 Å². The van der Waals surface area contributed by atoms with Crippen LogP contribution < -0.4 is 5.43 Å². The first kappa shape index (κ1) is 26.5. The molecular formula is C17H29BN4O9. The Balaban J connectivity index is 3.05.